The van der Waals surface area contributed by atoms with Crippen LogP contribution in [0.4, 0.5) is 0 Å². The third kappa shape index (κ3) is 2.07. The number of hydrogen-bond acceptors (Lipinski definition) is 2. The fraction of sp³-hybridized carbons (Fsp3) is 0.750. The number of aromatic nitrogens is 2. The van der Waals surface area contributed by atoms with Crippen LogP contribution in [-0.2, 0) is 7.05 Å². The van der Waals surface area contributed by atoms with Gasteiger partial charge in [0.05, 0.1) is 11.7 Å². The Kier molecular flexibility index (Phi) is 3.10. The standard InChI is InChI=1S/C12H21N3/c1-10(2)15-9-5-4-6-12(15)11-7-8-13-14(11)3/h7-8,10,12H,4-6,9H2,1-3H3/t12-/m1/s1. The second-order valence-corrected chi connectivity index (χ2v) is 4.72. The molecule has 0 spiro atoms. The molecule has 15 heavy (non-hydrogen) atoms. The predicted molar refractivity (Wildman–Crippen MR) is 61.6 cm³/mol. The van der Waals surface area contributed by atoms with Gasteiger partial charge >= 0.3 is 0 Å². The summed E-state index contributed by atoms with van der Waals surface area (Å²) in [6.07, 6.45) is 5.87. The second kappa shape index (κ2) is 4.35. The summed E-state index contributed by atoms with van der Waals surface area (Å²) >= 11 is 0. The molecule has 0 aromatic carbocycles. The molecule has 1 aliphatic rings. The summed E-state index contributed by atoms with van der Waals surface area (Å²) in [4.78, 5) is 2.60. The Morgan fingerprint density at radius 1 is 1.40 bits per heavy atom. The SMILES string of the molecule is CC(C)N1CCCC[C@@H]1c1ccnn1C. The van der Waals surface area contributed by atoms with Crippen LogP contribution in [0, 0.1) is 0 Å². The van der Waals surface area contributed by atoms with Crippen molar-refractivity contribution in [1.82, 2.24) is 14.7 Å². The summed E-state index contributed by atoms with van der Waals surface area (Å²) in [5, 5.41) is 4.28. The Morgan fingerprint density at radius 2 is 2.20 bits per heavy atom. The molecule has 2 rings (SSSR count). The Labute approximate surface area is 92.1 Å². The molecule has 0 radical (unpaired) electrons. The Bertz CT molecular complexity index is 316. The highest BCUT2D eigenvalue weighted by Gasteiger charge is 2.27. The van der Waals surface area contributed by atoms with Gasteiger partial charge in [0.15, 0.2) is 0 Å². The van der Waals surface area contributed by atoms with Crippen LogP contribution in [0.2, 0.25) is 0 Å². The van der Waals surface area contributed by atoms with E-state index < -0.39 is 0 Å². The van der Waals surface area contributed by atoms with Crippen molar-refractivity contribution in [2.45, 2.75) is 45.2 Å². The van der Waals surface area contributed by atoms with Crippen molar-refractivity contribution in [1.29, 1.82) is 0 Å². The van der Waals surface area contributed by atoms with Gasteiger partial charge in [0.25, 0.3) is 0 Å². The maximum Gasteiger partial charge on any atom is 0.0552 e. The summed E-state index contributed by atoms with van der Waals surface area (Å²) in [7, 11) is 2.04. The Balaban J connectivity index is 2.21. The van der Waals surface area contributed by atoms with Gasteiger partial charge in [0.1, 0.15) is 0 Å². The predicted octanol–water partition coefficient (Wildman–Crippen LogP) is 2.36. The van der Waals surface area contributed by atoms with E-state index in [4.69, 9.17) is 0 Å². The van der Waals surface area contributed by atoms with Crippen LogP contribution in [-0.4, -0.2) is 27.3 Å². The fourth-order valence-electron chi connectivity index (χ4n) is 2.60. The maximum atomic E-state index is 4.28. The number of hydrogen-bond donors (Lipinski definition) is 0. The van der Waals surface area contributed by atoms with Gasteiger partial charge in [-0.1, -0.05) is 6.42 Å². The zero-order valence-electron chi connectivity index (χ0n) is 9.98. The van der Waals surface area contributed by atoms with Gasteiger partial charge in [-0.15, -0.1) is 0 Å². The van der Waals surface area contributed by atoms with E-state index in [1.807, 2.05) is 17.9 Å². The highest BCUT2D eigenvalue weighted by atomic mass is 15.3. The van der Waals surface area contributed by atoms with Crippen molar-refractivity contribution < 1.29 is 0 Å². The molecule has 2 heterocycles. The average molecular weight is 207 g/mol. The van der Waals surface area contributed by atoms with Crippen LogP contribution in [0.3, 0.4) is 0 Å². The first-order valence-corrected chi connectivity index (χ1v) is 5.94. The minimum absolute atomic E-state index is 0.575. The lowest BCUT2D eigenvalue weighted by molar-refractivity contribution is 0.106. The molecule has 0 saturated carbocycles. The van der Waals surface area contributed by atoms with E-state index in [9.17, 15) is 0 Å². The van der Waals surface area contributed by atoms with Crippen LogP contribution in [0.25, 0.3) is 0 Å². The van der Waals surface area contributed by atoms with Gasteiger partial charge < -0.3 is 0 Å². The molecule has 3 nitrogen and oxygen atoms in total. The first-order chi connectivity index (χ1) is 7.20. The third-order valence-corrected chi connectivity index (χ3v) is 3.41. The minimum Gasteiger partial charge on any atom is -0.292 e. The van der Waals surface area contributed by atoms with Gasteiger partial charge in [-0.25, -0.2) is 0 Å². The van der Waals surface area contributed by atoms with Gasteiger partial charge in [-0.3, -0.25) is 9.58 Å². The normalized spacial score (nSPS) is 23.6. The van der Waals surface area contributed by atoms with E-state index in [-0.39, 0.29) is 0 Å². The molecule has 1 fully saturated rings. The molecule has 1 atom stereocenters. The van der Waals surface area contributed by atoms with Crippen molar-refractivity contribution >= 4 is 0 Å². The minimum atomic E-state index is 0.575. The molecule has 1 saturated heterocycles. The van der Waals surface area contributed by atoms with E-state index in [1.54, 1.807) is 0 Å². The molecular weight excluding hydrogens is 186 g/mol. The van der Waals surface area contributed by atoms with E-state index in [0.717, 1.165) is 0 Å². The molecule has 1 aromatic rings. The molecule has 0 amide bonds. The molecule has 1 aliphatic heterocycles. The summed E-state index contributed by atoms with van der Waals surface area (Å²) < 4.78 is 2.02. The van der Waals surface area contributed by atoms with Crippen LogP contribution in [0.1, 0.15) is 44.8 Å². The molecule has 3 heteroatoms. The zero-order valence-corrected chi connectivity index (χ0v) is 9.98. The van der Waals surface area contributed by atoms with Crippen LogP contribution in [0.5, 0.6) is 0 Å². The lowest BCUT2D eigenvalue weighted by Gasteiger charge is -2.38. The molecule has 84 valence electrons. The molecule has 1 aromatic heterocycles. The van der Waals surface area contributed by atoms with E-state index in [1.165, 1.54) is 31.5 Å². The van der Waals surface area contributed by atoms with Crippen LogP contribution in [0.15, 0.2) is 12.3 Å². The summed E-state index contributed by atoms with van der Waals surface area (Å²) in [6, 6.07) is 3.36. The lowest BCUT2D eigenvalue weighted by atomic mass is 9.98. The highest BCUT2D eigenvalue weighted by molar-refractivity contribution is 5.08. The van der Waals surface area contributed by atoms with Crippen molar-refractivity contribution in [3.05, 3.63) is 18.0 Å². The molecular formula is C12H21N3. The van der Waals surface area contributed by atoms with Gasteiger partial charge in [0.2, 0.25) is 0 Å². The van der Waals surface area contributed by atoms with Crippen molar-refractivity contribution in [2.24, 2.45) is 7.05 Å². The van der Waals surface area contributed by atoms with Crippen LogP contribution < -0.4 is 0 Å². The topological polar surface area (TPSA) is 21.1 Å². The zero-order chi connectivity index (χ0) is 10.8. The molecule has 0 bridgehead atoms. The van der Waals surface area contributed by atoms with Crippen LogP contribution >= 0.6 is 0 Å². The highest BCUT2D eigenvalue weighted by Crippen LogP contribution is 2.31. The molecule has 0 N–H and O–H groups in total. The third-order valence-electron chi connectivity index (χ3n) is 3.41. The average Bonchev–Trinajstić information content (AvgIpc) is 2.64. The number of likely N-dealkylation sites (tertiary alicyclic amines) is 1. The first kappa shape index (κ1) is 10.7. The molecule has 0 aliphatic carbocycles. The number of nitrogens with zero attached hydrogens (tertiary/aromatic N) is 3. The Morgan fingerprint density at radius 3 is 2.80 bits per heavy atom. The Hall–Kier alpha value is -0.830. The van der Waals surface area contributed by atoms with Gasteiger partial charge in [-0.05, 0) is 39.3 Å². The number of piperidine rings is 1. The lowest BCUT2D eigenvalue weighted by Crippen LogP contribution is -2.39. The maximum absolute atomic E-state index is 4.28. The van der Waals surface area contributed by atoms with Crippen molar-refractivity contribution in [3.8, 4) is 0 Å². The number of aryl methyl sites for hydroxylation is 1. The second-order valence-electron chi connectivity index (χ2n) is 4.72. The quantitative estimate of drug-likeness (QED) is 0.742. The summed E-state index contributed by atoms with van der Waals surface area (Å²) in [5.74, 6) is 0. The van der Waals surface area contributed by atoms with E-state index >= 15 is 0 Å². The fourth-order valence-corrected chi connectivity index (χ4v) is 2.60. The van der Waals surface area contributed by atoms with Gasteiger partial charge in [-0.2, -0.15) is 5.10 Å². The monoisotopic (exact) mass is 207 g/mol. The van der Waals surface area contributed by atoms with E-state index in [2.05, 4.69) is 29.9 Å². The first-order valence-electron chi connectivity index (χ1n) is 5.94. The number of rotatable bonds is 2. The smallest absolute Gasteiger partial charge is 0.0552 e. The van der Waals surface area contributed by atoms with Gasteiger partial charge in [0, 0.05) is 19.3 Å². The van der Waals surface area contributed by atoms with E-state index in [0.29, 0.717) is 12.1 Å². The summed E-state index contributed by atoms with van der Waals surface area (Å²) in [6.45, 7) is 5.80. The summed E-state index contributed by atoms with van der Waals surface area (Å²) in [5.41, 5.74) is 1.36. The van der Waals surface area contributed by atoms with Crippen molar-refractivity contribution in [3.63, 3.8) is 0 Å². The van der Waals surface area contributed by atoms with Crippen molar-refractivity contribution in [2.75, 3.05) is 6.54 Å². The largest absolute Gasteiger partial charge is 0.292 e. The molecule has 0 unspecified atom stereocenters.